The van der Waals surface area contributed by atoms with Crippen molar-refractivity contribution >= 4 is 28.3 Å². The topological polar surface area (TPSA) is 82.8 Å². The van der Waals surface area contributed by atoms with Crippen LogP contribution in [0.15, 0.2) is 53.3 Å². The normalized spacial score (nSPS) is 11.7. The summed E-state index contributed by atoms with van der Waals surface area (Å²) in [7, 11) is 0. The van der Waals surface area contributed by atoms with Gasteiger partial charge < -0.3 is 9.47 Å². The number of carbonyl (C=O) groups excluding carboxylic acids is 1. The van der Waals surface area contributed by atoms with Crippen LogP contribution in [-0.2, 0) is 4.79 Å². The molecule has 0 N–H and O–H groups in total. The number of benzene rings is 2. The van der Waals surface area contributed by atoms with Gasteiger partial charge in [-0.05, 0) is 31.2 Å². The van der Waals surface area contributed by atoms with Gasteiger partial charge >= 0.3 is 5.97 Å². The predicted molar refractivity (Wildman–Crippen MR) is 110 cm³/mol. The number of ether oxygens (including phenoxy) is 2. The van der Waals surface area contributed by atoms with E-state index in [2.05, 4.69) is 10.1 Å². The minimum absolute atomic E-state index is 0.264. The van der Waals surface area contributed by atoms with Crippen LogP contribution in [0.3, 0.4) is 0 Å². The summed E-state index contributed by atoms with van der Waals surface area (Å²) >= 11 is 1.24. The number of rotatable bonds is 5. The van der Waals surface area contributed by atoms with E-state index in [0.29, 0.717) is 39.0 Å². The largest absolute Gasteiger partial charge is 0.493 e. The van der Waals surface area contributed by atoms with Crippen LogP contribution in [0.2, 0.25) is 0 Å². The smallest absolute Gasteiger partial charge is 0.308 e. The summed E-state index contributed by atoms with van der Waals surface area (Å²) in [6, 6.07) is 14.5. The molecule has 146 valence electrons. The second-order valence-electron chi connectivity index (χ2n) is 6.11. The molecular formula is C21H17N3O4S. The third-order valence-electron chi connectivity index (χ3n) is 4.07. The van der Waals surface area contributed by atoms with Crippen LogP contribution in [0.4, 0.5) is 0 Å². The molecule has 0 radical (unpaired) electrons. The van der Waals surface area contributed by atoms with E-state index in [0.717, 1.165) is 5.56 Å². The molecule has 0 bridgehead atoms. The lowest BCUT2D eigenvalue weighted by atomic mass is 10.2. The Balaban J connectivity index is 1.79. The van der Waals surface area contributed by atoms with Crippen molar-refractivity contribution in [3.8, 4) is 22.9 Å². The molecule has 29 heavy (non-hydrogen) atoms. The fraction of sp³-hybridized carbons (Fsp3) is 0.143. The highest BCUT2D eigenvalue weighted by Gasteiger charge is 2.16. The Bertz CT molecular complexity index is 1310. The van der Waals surface area contributed by atoms with Crippen LogP contribution >= 0.6 is 11.3 Å². The Morgan fingerprint density at radius 1 is 1.14 bits per heavy atom. The number of hydrogen-bond acceptors (Lipinski definition) is 7. The van der Waals surface area contributed by atoms with Gasteiger partial charge in [0.2, 0.25) is 4.96 Å². The van der Waals surface area contributed by atoms with Gasteiger partial charge in [-0.1, -0.05) is 41.7 Å². The molecule has 0 atom stereocenters. The van der Waals surface area contributed by atoms with Gasteiger partial charge in [-0.15, -0.1) is 5.10 Å². The molecule has 2 aromatic heterocycles. The maximum Gasteiger partial charge on any atom is 0.308 e. The zero-order valence-electron chi connectivity index (χ0n) is 15.8. The average Bonchev–Trinajstić information content (AvgIpc) is 3.23. The highest BCUT2D eigenvalue weighted by molar-refractivity contribution is 7.15. The summed E-state index contributed by atoms with van der Waals surface area (Å²) in [5.41, 5.74) is 1.10. The highest BCUT2D eigenvalue weighted by Crippen LogP contribution is 2.28. The summed E-state index contributed by atoms with van der Waals surface area (Å²) in [6.07, 6.45) is 1.78. The Kier molecular flexibility index (Phi) is 5.09. The minimum atomic E-state index is -0.437. The summed E-state index contributed by atoms with van der Waals surface area (Å²) < 4.78 is 12.6. The van der Waals surface area contributed by atoms with Crippen molar-refractivity contribution in [2.24, 2.45) is 0 Å². The average molecular weight is 407 g/mol. The van der Waals surface area contributed by atoms with E-state index in [1.807, 2.05) is 31.2 Å². The van der Waals surface area contributed by atoms with Crippen LogP contribution in [0.1, 0.15) is 19.4 Å². The number of hydrogen-bond donors (Lipinski definition) is 0. The second-order valence-corrected chi connectivity index (χ2v) is 7.12. The van der Waals surface area contributed by atoms with E-state index in [1.165, 1.54) is 22.8 Å². The van der Waals surface area contributed by atoms with Crippen LogP contribution < -0.4 is 19.6 Å². The zero-order chi connectivity index (χ0) is 20.4. The van der Waals surface area contributed by atoms with Crippen molar-refractivity contribution < 1.29 is 14.3 Å². The van der Waals surface area contributed by atoms with E-state index in [1.54, 1.807) is 30.3 Å². The number of carbonyl (C=O) groups is 1. The number of esters is 1. The quantitative estimate of drug-likeness (QED) is 0.374. The van der Waals surface area contributed by atoms with Gasteiger partial charge in [-0.2, -0.15) is 9.50 Å². The molecule has 0 fully saturated rings. The number of aromatic nitrogens is 3. The summed E-state index contributed by atoms with van der Waals surface area (Å²) in [4.78, 5) is 29.1. The summed E-state index contributed by atoms with van der Waals surface area (Å²) in [5, 5.41) is 4.33. The minimum Gasteiger partial charge on any atom is -0.493 e. The van der Waals surface area contributed by atoms with E-state index in [9.17, 15) is 9.59 Å². The molecule has 0 saturated carbocycles. The molecule has 4 rings (SSSR count). The standard InChI is InChI=1S/C21H17N3O4S/c1-3-27-16-10-6-4-8-14(16)12-18-20(26)24-21(29-18)22-19(23-24)15-9-5-7-11-17(15)28-13(2)25/h4-12H,3H2,1-2H3/b18-12-. The van der Waals surface area contributed by atoms with Gasteiger partial charge in [0.15, 0.2) is 5.82 Å². The third-order valence-corrected chi connectivity index (χ3v) is 5.03. The lowest BCUT2D eigenvalue weighted by Crippen LogP contribution is -2.23. The first-order valence-electron chi connectivity index (χ1n) is 8.97. The molecular weight excluding hydrogens is 390 g/mol. The third kappa shape index (κ3) is 3.74. The van der Waals surface area contributed by atoms with Crippen LogP contribution in [0, 0.1) is 0 Å². The summed E-state index contributed by atoms with van der Waals surface area (Å²) in [6.45, 7) is 3.78. The SMILES string of the molecule is CCOc1ccccc1/C=c1\sc2nc(-c3ccccc3OC(C)=O)nn2c1=O. The van der Waals surface area contributed by atoms with Gasteiger partial charge in [0.05, 0.1) is 16.7 Å². The van der Waals surface area contributed by atoms with Crippen molar-refractivity contribution in [3.63, 3.8) is 0 Å². The molecule has 0 aliphatic rings. The first-order chi connectivity index (χ1) is 14.1. The molecule has 0 saturated heterocycles. The van der Waals surface area contributed by atoms with Crippen molar-refractivity contribution in [2.75, 3.05) is 6.61 Å². The monoisotopic (exact) mass is 407 g/mol. The fourth-order valence-electron chi connectivity index (χ4n) is 2.87. The molecule has 0 amide bonds. The number of fused-ring (bicyclic) bond motifs is 1. The van der Waals surface area contributed by atoms with Gasteiger partial charge in [-0.3, -0.25) is 9.59 Å². The van der Waals surface area contributed by atoms with Gasteiger partial charge in [0, 0.05) is 12.5 Å². The van der Waals surface area contributed by atoms with Crippen molar-refractivity contribution in [3.05, 3.63) is 69.0 Å². The first kappa shape index (κ1) is 18.8. The van der Waals surface area contributed by atoms with Crippen molar-refractivity contribution in [2.45, 2.75) is 13.8 Å². The molecule has 2 aromatic carbocycles. The van der Waals surface area contributed by atoms with Gasteiger partial charge in [0.1, 0.15) is 11.5 Å². The van der Waals surface area contributed by atoms with Crippen LogP contribution in [-0.4, -0.2) is 27.2 Å². The highest BCUT2D eigenvalue weighted by atomic mass is 32.1. The lowest BCUT2D eigenvalue weighted by molar-refractivity contribution is -0.131. The van der Waals surface area contributed by atoms with Crippen molar-refractivity contribution in [1.82, 2.24) is 14.6 Å². The van der Waals surface area contributed by atoms with E-state index in [-0.39, 0.29) is 5.56 Å². The number of para-hydroxylation sites is 2. The molecule has 0 aliphatic heterocycles. The van der Waals surface area contributed by atoms with Crippen LogP contribution in [0.5, 0.6) is 11.5 Å². The van der Waals surface area contributed by atoms with E-state index >= 15 is 0 Å². The second kappa shape index (κ2) is 7.84. The molecule has 0 spiro atoms. The molecule has 4 aromatic rings. The first-order valence-corrected chi connectivity index (χ1v) is 9.79. The molecule has 7 nitrogen and oxygen atoms in total. The van der Waals surface area contributed by atoms with Crippen LogP contribution in [0.25, 0.3) is 22.4 Å². The zero-order valence-corrected chi connectivity index (χ0v) is 16.6. The Morgan fingerprint density at radius 3 is 2.59 bits per heavy atom. The maximum absolute atomic E-state index is 12.8. The lowest BCUT2D eigenvalue weighted by Gasteiger charge is -2.05. The predicted octanol–water partition coefficient (Wildman–Crippen LogP) is 2.69. The fourth-order valence-corrected chi connectivity index (χ4v) is 3.77. The number of thiazole rings is 1. The van der Waals surface area contributed by atoms with Crippen molar-refractivity contribution in [1.29, 1.82) is 0 Å². The van der Waals surface area contributed by atoms with Gasteiger partial charge in [0.25, 0.3) is 5.56 Å². The summed E-state index contributed by atoms with van der Waals surface area (Å²) in [5.74, 6) is 0.951. The number of nitrogens with zero attached hydrogens (tertiary/aromatic N) is 3. The molecule has 2 heterocycles. The maximum atomic E-state index is 12.8. The van der Waals surface area contributed by atoms with Gasteiger partial charge in [-0.25, -0.2) is 0 Å². The van der Waals surface area contributed by atoms with E-state index in [4.69, 9.17) is 9.47 Å². The molecule has 8 heteroatoms. The Morgan fingerprint density at radius 2 is 1.86 bits per heavy atom. The molecule has 0 unspecified atom stereocenters. The van der Waals surface area contributed by atoms with E-state index < -0.39 is 5.97 Å². The Hall–Kier alpha value is -3.52. The molecule has 0 aliphatic carbocycles. The Labute approximate surface area is 169 Å².